The number of nitrogens with one attached hydrogen (secondary N) is 1. The number of aliphatic imine (C=N–C) groups is 1. The molecule has 2 aliphatic heterocycles. The third-order valence-corrected chi connectivity index (χ3v) is 6.92. The van der Waals surface area contributed by atoms with Crippen molar-refractivity contribution in [2.45, 2.75) is 26.2 Å². The van der Waals surface area contributed by atoms with Crippen LogP contribution < -0.4 is 10.2 Å². The van der Waals surface area contributed by atoms with E-state index in [0.29, 0.717) is 17.5 Å². The van der Waals surface area contributed by atoms with Crippen molar-refractivity contribution in [1.82, 2.24) is 20.0 Å². The highest BCUT2D eigenvalue weighted by atomic mass is 19.1. The first kappa shape index (κ1) is 22.8. The van der Waals surface area contributed by atoms with Gasteiger partial charge in [-0.15, -0.1) is 0 Å². The van der Waals surface area contributed by atoms with Gasteiger partial charge < -0.3 is 20.0 Å². The molecular weight excluding hydrogens is 407 g/mol. The minimum atomic E-state index is -0.156. The quantitative estimate of drug-likeness (QED) is 0.536. The van der Waals surface area contributed by atoms with Crippen molar-refractivity contribution in [3.63, 3.8) is 0 Å². The summed E-state index contributed by atoms with van der Waals surface area (Å²) in [4.78, 5) is 26.1. The number of hydrogen-bond donors (Lipinski definition) is 1. The van der Waals surface area contributed by atoms with Crippen molar-refractivity contribution in [2.24, 2.45) is 10.9 Å². The first-order valence-electron chi connectivity index (χ1n) is 12.2. The van der Waals surface area contributed by atoms with E-state index in [1.807, 2.05) is 12.1 Å². The molecule has 1 N–H and O–H groups in total. The largest absolute Gasteiger partial charge is 0.366 e. The lowest BCUT2D eigenvalue weighted by Gasteiger charge is -2.38. The predicted molar refractivity (Wildman–Crippen MR) is 127 cm³/mol. The summed E-state index contributed by atoms with van der Waals surface area (Å²) in [5, 5.41) is 3.42. The van der Waals surface area contributed by atoms with Gasteiger partial charge in [0.05, 0.1) is 12.2 Å². The zero-order valence-electron chi connectivity index (χ0n) is 19.3. The molecule has 176 valence electrons. The molecule has 0 unspecified atom stereocenters. The maximum absolute atomic E-state index is 14.1. The van der Waals surface area contributed by atoms with Crippen LogP contribution in [0, 0.1) is 11.7 Å². The smallest absolute Gasteiger partial charge is 0.225 e. The van der Waals surface area contributed by atoms with Crippen molar-refractivity contribution in [3.8, 4) is 0 Å². The number of para-hydroxylation sites is 1. The van der Waals surface area contributed by atoms with Crippen LogP contribution >= 0.6 is 0 Å². The summed E-state index contributed by atoms with van der Waals surface area (Å²) in [5.41, 5.74) is 0.684. The Kier molecular flexibility index (Phi) is 7.84. The van der Waals surface area contributed by atoms with Gasteiger partial charge >= 0.3 is 0 Å². The summed E-state index contributed by atoms with van der Waals surface area (Å²) in [7, 11) is 0. The Hall–Kier alpha value is -2.35. The predicted octanol–water partition coefficient (Wildman–Crippen LogP) is 1.86. The van der Waals surface area contributed by atoms with Gasteiger partial charge in [-0.2, -0.15) is 0 Å². The lowest BCUT2D eigenvalue weighted by atomic mass is 9.84. The summed E-state index contributed by atoms with van der Waals surface area (Å²) < 4.78 is 14.1. The third kappa shape index (κ3) is 5.52. The van der Waals surface area contributed by atoms with E-state index >= 15 is 0 Å². The van der Waals surface area contributed by atoms with Gasteiger partial charge in [-0.1, -0.05) is 18.6 Å². The molecular formula is C24H37FN6O. The van der Waals surface area contributed by atoms with Crippen molar-refractivity contribution < 1.29 is 9.18 Å². The summed E-state index contributed by atoms with van der Waals surface area (Å²) in [5.74, 6) is 1.46. The summed E-state index contributed by atoms with van der Waals surface area (Å²) in [6.45, 7) is 11.3. The van der Waals surface area contributed by atoms with Crippen LogP contribution in [0.15, 0.2) is 29.3 Å². The molecule has 0 spiro atoms. The number of nitrogens with zero attached hydrogens (tertiary/aromatic N) is 5. The molecule has 8 heteroatoms. The normalized spacial score (nSPS) is 20.9. The van der Waals surface area contributed by atoms with E-state index in [0.717, 1.165) is 90.8 Å². The number of hydrogen-bond acceptors (Lipinski definition) is 4. The SMILES string of the molecule is CCNC(=NCCN1CCN(C(=O)C2CCC2)CC1)N1CCN(c2ccccc2F)CC1. The topological polar surface area (TPSA) is 54.4 Å². The molecule has 0 atom stereocenters. The van der Waals surface area contributed by atoms with Crippen LogP contribution in [0.3, 0.4) is 0 Å². The Balaban J connectivity index is 1.22. The van der Waals surface area contributed by atoms with Gasteiger partial charge in [0.15, 0.2) is 5.96 Å². The van der Waals surface area contributed by atoms with Crippen LogP contribution in [-0.4, -0.2) is 98.6 Å². The molecule has 1 aromatic carbocycles. The van der Waals surface area contributed by atoms with Gasteiger partial charge in [-0.05, 0) is 31.9 Å². The lowest BCUT2D eigenvalue weighted by molar-refractivity contribution is -0.139. The van der Waals surface area contributed by atoms with Crippen LogP contribution in [0.1, 0.15) is 26.2 Å². The first-order chi connectivity index (χ1) is 15.7. The molecule has 0 bridgehead atoms. The van der Waals surface area contributed by atoms with E-state index < -0.39 is 0 Å². The van der Waals surface area contributed by atoms with Gasteiger partial charge in [-0.3, -0.25) is 14.7 Å². The molecule has 1 aliphatic carbocycles. The minimum absolute atomic E-state index is 0.156. The van der Waals surface area contributed by atoms with Crippen molar-refractivity contribution in [3.05, 3.63) is 30.1 Å². The summed E-state index contributed by atoms with van der Waals surface area (Å²) >= 11 is 0. The highest BCUT2D eigenvalue weighted by molar-refractivity contribution is 5.80. The summed E-state index contributed by atoms with van der Waals surface area (Å²) in [6.07, 6.45) is 3.37. The fourth-order valence-corrected chi connectivity index (χ4v) is 4.70. The van der Waals surface area contributed by atoms with E-state index in [2.05, 4.69) is 31.8 Å². The van der Waals surface area contributed by atoms with Crippen LogP contribution in [0.5, 0.6) is 0 Å². The van der Waals surface area contributed by atoms with Crippen LogP contribution in [0.2, 0.25) is 0 Å². The fourth-order valence-electron chi connectivity index (χ4n) is 4.70. The van der Waals surface area contributed by atoms with Gasteiger partial charge in [0.25, 0.3) is 0 Å². The molecule has 1 aromatic rings. The maximum atomic E-state index is 14.1. The van der Waals surface area contributed by atoms with E-state index in [-0.39, 0.29) is 5.82 Å². The van der Waals surface area contributed by atoms with E-state index in [4.69, 9.17) is 4.99 Å². The Labute approximate surface area is 191 Å². The molecule has 2 heterocycles. The minimum Gasteiger partial charge on any atom is -0.366 e. The Morgan fingerprint density at radius 1 is 1.03 bits per heavy atom. The second-order valence-electron chi connectivity index (χ2n) is 8.96. The molecule has 3 aliphatic rings. The monoisotopic (exact) mass is 444 g/mol. The standard InChI is InChI=1S/C24H37FN6O/c1-2-26-24(31-18-16-29(17-19-31)22-9-4-3-8-21(22)25)27-10-11-28-12-14-30(15-13-28)23(32)20-6-5-7-20/h3-4,8-9,20H,2,5-7,10-19H2,1H3,(H,26,27). The number of benzene rings is 1. The fraction of sp³-hybridized carbons (Fsp3) is 0.667. The molecule has 1 amide bonds. The van der Waals surface area contributed by atoms with E-state index in [1.54, 1.807) is 6.07 Å². The highest BCUT2D eigenvalue weighted by Gasteiger charge is 2.31. The molecule has 2 saturated heterocycles. The number of piperazine rings is 2. The summed E-state index contributed by atoms with van der Waals surface area (Å²) in [6, 6.07) is 7.00. The number of halogens is 1. The molecule has 0 aromatic heterocycles. The third-order valence-electron chi connectivity index (χ3n) is 6.92. The van der Waals surface area contributed by atoms with E-state index in [9.17, 15) is 9.18 Å². The highest BCUT2D eigenvalue weighted by Crippen LogP contribution is 2.28. The molecule has 7 nitrogen and oxygen atoms in total. The Morgan fingerprint density at radius 3 is 2.34 bits per heavy atom. The van der Waals surface area contributed by atoms with Gasteiger partial charge in [0, 0.05) is 71.4 Å². The second-order valence-corrected chi connectivity index (χ2v) is 8.96. The lowest BCUT2D eigenvalue weighted by Crippen LogP contribution is -2.53. The zero-order chi connectivity index (χ0) is 22.3. The van der Waals surface area contributed by atoms with Crippen molar-refractivity contribution >= 4 is 17.6 Å². The molecule has 4 rings (SSSR count). The number of rotatable bonds is 6. The zero-order valence-corrected chi connectivity index (χ0v) is 19.3. The van der Waals surface area contributed by atoms with Crippen molar-refractivity contribution in [1.29, 1.82) is 0 Å². The molecule has 0 radical (unpaired) electrons. The average Bonchev–Trinajstić information content (AvgIpc) is 2.78. The Bertz CT molecular complexity index is 782. The van der Waals surface area contributed by atoms with Crippen LogP contribution in [-0.2, 0) is 4.79 Å². The van der Waals surface area contributed by atoms with E-state index in [1.165, 1.54) is 12.5 Å². The number of carbonyl (C=O) groups excluding carboxylic acids is 1. The maximum Gasteiger partial charge on any atom is 0.225 e. The Morgan fingerprint density at radius 2 is 1.72 bits per heavy atom. The number of guanidine groups is 1. The average molecular weight is 445 g/mol. The first-order valence-corrected chi connectivity index (χ1v) is 12.2. The van der Waals surface area contributed by atoms with Gasteiger partial charge in [0.2, 0.25) is 5.91 Å². The molecule has 32 heavy (non-hydrogen) atoms. The van der Waals surface area contributed by atoms with Gasteiger partial charge in [0.1, 0.15) is 5.82 Å². The second kappa shape index (κ2) is 11.0. The van der Waals surface area contributed by atoms with Crippen LogP contribution in [0.25, 0.3) is 0 Å². The number of amides is 1. The molecule has 1 saturated carbocycles. The van der Waals surface area contributed by atoms with Gasteiger partial charge in [-0.25, -0.2) is 4.39 Å². The number of carbonyl (C=O) groups is 1. The number of anilines is 1. The van der Waals surface area contributed by atoms with Crippen molar-refractivity contribution in [2.75, 3.05) is 76.9 Å². The molecule has 3 fully saturated rings. The van der Waals surface area contributed by atoms with Crippen LogP contribution in [0.4, 0.5) is 10.1 Å².